The highest BCUT2D eigenvalue weighted by Gasteiger charge is 2.36. The maximum absolute atomic E-state index is 13.8. The molecule has 8 nitrogen and oxygen atoms in total. The quantitative estimate of drug-likeness (QED) is 0.445. The number of aromatic nitrogens is 2. The minimum Gasteiger partial charge on any atom is -0.382 e. The summed E-state index contributed by atoms with van der Waals surface area (Å²) < 4.78 is 13.8. The van der Waals surface area contributed by atoms with Gasteiger partial charge in [-0.05, 0) is 75.8 Å². The highest BCUT2D eigenvalue weighted by atomic mass is 19.1. The Labute approximate surface area is 220 Å². The van der Waals surface area contributed by atoms with Gasteiger partial charge in [0.15, 0.2) is 5.78 Å². The summed E-state index contributed by atoms with van der Waals surface area (Å²) in [6.45, 7) is 4.80. The number of hydrogen-bond donors (Lipinski definition) is 2. The van der Waals surface area contributed by atoms with E-state index in [2.05, 4.69) is 15.3 Å². The molecule has 0 bridgehead atoms. The number of allylic oxidation sites excluding steroid dienone is 3. The summed E-state index contributed by atoms with van der Waals surface area (Å²) in [5.41, 5.74) is 4.66. The lowest BCUT2D eigenvalue weighted by Crippen LogP contribution is -2.35. The van der Waals surface area contributed by atoms with Gasteiger partial charge >= 0.3 is 0 Å². The van der Waals surface area contributed by atoms with Crippen molar-refractivity contribution in [2.75, 3.05) is 27.2 Å². The van der Waals surface area contributed by atoms with Gasteiger partial charge in [0.05, 0.1) is 27.7 Å². The molecule has 1 aliphatic carbocycles. The van der Waals surface area contributed by atoms with E-state index in [0.717, 1.165) is 11.1 Å². The molecule has 0 spiro atoms. The van der Waals surface area contributed by atoms with E-state index in [4.69, 9.17) is 0 Å². The molecule has 2 N–H and O–H groups in total. The molecule has 0 unspecified atom stereocenters. The number of amides is 2. The molecule has 38 heavy (non-hydrogen) atoms. The van der Waals surface area contributed by atoms with Crippen LogP contribution in [0.1, 0.15) is 51.0 Å². The number of carbonyl (C=O) groups is 3. The van der Waals surface area contributed by atoms with E-state index >= 15 is 0 Å². The number of nitrogens with one attached hydrogen (secondary N) is 2. The molecule has 1 atom stereocenters. The smallest absolute Gasteiger partial charge is 0.261 e. The second-order valence-corrected chi connectivity index (χ2v) is 10.2. The van der Waals surface area contributed by atoms with Crippen LogP contribution in [0.2, 0.25) is 0 Å². The summed E-state index contributed by atoms with van der Waals surface area (Å²) in [5.74, 6) is -0.670. The van der Waals surface area contributed by atoms with Gasteiger partial charge in [0, 0.05) is 31.2 Å². The number of Topliss-reactive ketones (excluding diaryl/α,β-unsaturated/α-hetero) is 1. The molecular formula is C29H30FN5O3. The number of halogens is 1. The van der Waals surface area contributed by atoms with Crippen molar-refractivity contribution in [3.05, 3.63) is 82.1 Å². The molecule has 0 saturated heterocycles. The van der Waals surface area contributed by atoms with E-state index in [1.165, 1.54) is 17.0 Å². The Bertz CT molecular complexity index is 1480. The van der Waals surface area contributed by atoms with Gasteiger partial charge in [0.1, 0.15) is 11.6 Å². The maximum atomic E-state index is 13.8. The number of benzene rings is 2. The summed E-state index contributed by atoms with van der Waals surface area (Å²) in [7, 11) is 3.77. The van der Waals surface area contributed by atoms with Crippen molar-refractivity contribution in [3.8, 4) is 0 Å². The van der Waals surface area contributed by atoms with E-state index in [1.54, 1.807) is 24.3 Å². The molecule has 1 aliphatic heterocycles. The van der Waals surface area contributed by atoms with Gasteiger partial charge in [-0.15, -0.1) is 0 Å². The molecule has 1 aromatic heterocycles. The molecule has 9 heteroatoms. The number of fused-ring (bicyclic) bond motifs is 2. The number of aromatic amines is 1. The van der Waals surface area contributed by atoms with Gasteiger partial charge in [0.2, 0.25) is 0 Å². The lowest BCUT2D eigenvalue weighted by Gasteiger charge is -2.21. The van der Waals surface area contributed by atoms with Crippen molar-refractivity contribution in [1.82, 2.24) is 25.1 Å². The van der Waals surface area contributed by atoms with Crippen molar-refractivity contribution in [2.24, 2.45) is 0 Å². The van der Waals surface area contributed by atoms with E-state index in [9.17, 15) is 18.8 Å². The number of H-pyrrole nitrogens is 1. The van der Waals surface area contributed by atoms with Crippen molar-refractivity contribution in [2.45, 2.75) is 32.7 Å². The van der Waals surface area contributed by atoms with E-state index in [-0.39, 0.29) is 35.9 Å². The molecule has 2 amide bonds. The normalized spacial score (nSPS) is 16.3. The Morgan fingerprint density at radius 1 is 1.13 bits per heavy atom. The monoisotopic (exact) mass is 515 g/mol. The van der Waals surface area contributed by atoms with Crippen molar-refractivity contribution < 1.29 is 18.8 Å². The Kier molecular flexibility index (Phi) is 6.71. The third-order valence-corrected chi connectivity index (χ3v) is 6.96. The highest BCUT2D eigenvalue weighted by molar-refractivity contribution is 6.24. The second-order valence-electron chi connectivity index (χ2n) is 10.2. The van der Waals surface area contributed by atoms with Crippen LogP contribution >= 0.6 is 0 Å². The fraction of sp³-hybridized carbons (Fsp3) is 0.310. The number of hydrogen-bond acceptors (Lipinski definition) is 6. The molecule has 0 fully saturated rings. The zero-order valence-corrected chi connectivity index (χ0v) is 21.9. The van der Waals surface area contributed by atoms with Gasteiger partial charge in [-0.3, -0.25) is 19.3 Å². The van der Waals surface area contributed by atoms with Gasteiger partial charge in [0.25, 0.3) is 11.8 Å². The Balaban J connectivity index is 1.45. The first-order chi connectivity index (χ1) is 18.1. The lowest BCUT2D eigenvalue weighted by molar-refractivity contribution is -0.113. The minimum atomic E-state index is -0.335. The van der Waals surface area contributed by atoms with Gasteiger partial charge in [-0.2, -0.15) is 0 Å². The summed E-state index contributed by atoms with van der Waals surface area (Å²) in [5, 5.41) is 3.40. The third-order valence-electron chi connectivity index (χ3n) is 6.96. The van der Waals surface area contributed by atoms with Crippen LogP contribution < -0.4 is 5.32 Å². The topological polar surface area (TPSA) is 98.4 Å². The van der Waals surface area contributed by atoms with Crippen LogP contribution in [-0.2, 0) is 11.2 Å². The van der Waals surface area contributed by atoms with Gasteiger partial charge in [-0.25, -0.2) is 9.37 Å². The second kappa shape index (κ2) is 9.98. The first-order valence-electron chi connectivity index (χ1n) is 12.6. The van der Waals surface area contributed by atoms with Crippen molar-refractivity contribution >= 4 is 34.2 Å². The fourth-order valence-corrected chi connectivity index (χ4v) is 4.92. The number of ketones is 1. The number of carbonyl (C=O) groups excluding carboxylic acids is 3. The average Bonchev–Trinajstić information content (AvgIpc) is 3.36. The number of rotatable bonds is 8. The number of likely N-dealkylation sites (N-methyl/N-ethyl adjacent to an activating group) is 1. The Morgan fingerprint density at radius 2 is 1.87 bits per heavy atom. The van der Waals surface area contributed by atoms with Crippen LogP contribution in [0.3, 0.4) is 0 Å². The van der Waals surface area contributed by atoms with Crippen LogP contribution in [0.15, 0.2) is 48.2 Å². The van der Waals surface area contributed by atoms with E-state index < -0.39 is 0 Å². The van der Waals surface area contributed by atoms with Crippen molar-refractivity contribution in [1.29, 1.82) is 0 Å². The average molecular weight is 516 g/mol. The molecular weight excluding hydrogens is 485 g/mol. The van der Waals surface area contributed by atoms with E-state index in [0.29, 0.717) is 58.8 Å². The van der Waals surface area contributed by atoms with Crippen LogP contribution in [0.5, 0.6) is 0 Å². The molecule has 2 aromatic carbocycles. The van der Waals surface area contributed by atoms with Crippen LogP contribution in [0, 0.1) is 12.7 Å². The number of imidazole rings is 1. The number of nitrogens with zero attached hydrogens (tertiary/aromatic N) is 3. The molecule has 5 rings (SSSR count). The lowest BCUT2D eigenvalue weighted by atomic mass is 9.98. The first kappa shape index (κ1) is 25.5. The Morgan fingerprint density at radius 3 is 2.61 bits per heavy atom. The summed E-state index contributed by atoms with van der Waals surface area (Å²) in [6.07, 6.45) is 4.47. The molecule has 0 saturated carbocycles. The summed E-state index contributed by atoms with van der Waals surface area (Å²) in [4.78, 5) is 49.9. The van der Waals surface area contributed by atoms with Gasteiger partial charge in [-0.1, -0.05) is 12.1 Å². The van der Waals surface area contributed by atoms with Gasteiger partial charge < -0.3 is 15.2 Å². The largest absolute Gasteiger partial charge is 0.382 e. The predicted molar refractivity (Wildman–Crippen MR) is 143 cm³/mol. The molecule has 196 valence electrons. The molecule has 0 radical (unpaired) electrons. The van der Waals surface area contributed by atoms with Crippen molar-refractivity contribution in [3.63, 3.8) is 0 Å². The zero-order valence-electron chi connectivity index (χ0n) is 21.9. The predicted octanol–water partition coefficient (Wildman–Crippen LogP) is 3.63. The zero-order chi connectivity index (χ0) is 27.1. The molecule has 2 heterocycles. The maximum Gasteiger partial charge on any atom is 0.261 e. The highest BCUT2D eigenvalue weighted by Crippen LogP contribution is 2.30. The third kappa shape index (κ3) is 4.77. The van der Waals surface area contributed by atoms with Crippen LogP contribution in [0.4, 0.5) is 4.39 Å². The summed E-state index contributed by atoms with van der Waals surface area (Å²) in [6, 6.07) is 7.91. The standard InChI is InChI=1S/C29H30FN5O3/c1-16-8-9-19(30)13-18(16)12-17(2)31-22-6-5-7-25(36)26(22)27-32-23-14-20-21(15-24(23)33-27)29(38)35(28(20)37)11-10-34(3)4/h5-6,8-9,13-15,17,31H,7,10-12H2,1-4H3,(H,32,33)/t17-/m0/s1. The van der Waals surface area contributed by atoms with Crippen LogP contribution in [0.25, 0.3) is 16.6 Å². The minimum absolute atomic E-state index is 0.0902. The SMILES string of the molecule is Cc1ccc(F)cc1C[C@H](C)NC1=C(c2nc3cc4c(cc3[nH]2)C(=O)N(CCN(C)C)C4=O)C(=O)CC=C1. The summed E-state index contributed by atoms with van der Waals surface area (Å²) >= 11 is 0. The van der Waals surface area contributed by atoms with E-state index in [1.807, 2.05) is 38.9 Å². The molecule has 3 aromatic rings. The number of aryl methyl sites for hydroxylation is 1. The molecule has 2 aliphatic rings. The Hall–Kier alpha value is -4.11. The number of imide groups is 1. The van der Waals surface area contributed by atoms with Crippen LogP contribution in [-0.4, -0.2) is 70.6 Å². The fourth-order valence-electron chi connectivity index (χ4n) is 4.92. The first-order valence-corrected chi connectivity index (χ1v) is 12.6.